The Hall–Kier alpha value is -1.29. The van der Waals surface area contributed by atoms with E-state index in [4.69, 9.17) is 10.2 Å². The van der Waals surface area contributed by atoms with Gasteiger partial charge in [0.2, 0.25) is 0 Å². The van der Waals surface area contributed by atoms with Crippen LogP contribution in [0, 0.1) is 12.8 Å². The molecule has 1 heterocycles. The van der Waals surface area contributed by atoms with Crippen LogP contribution in [0.5, 0.6) is 0 Å². The molecule has 0 fully saturated rings. The summed E-state index contributed by atoms with van der Waals surface area (Å²) >= 11 is 0. The monoisotopic (exact) mass is 224 g/mol. The Morgan fingerprint density at radius 3 is 2.81 bits per heavy atom. The molecule has 1 atom stereocenters. The third-order valence-electron chi connectivity index (χ3n) is 2.58. The number of rotatable bonds is 5. The molecule has 0 aliphatic heterocycles. The van der Waals surface area contributed by atoms with Gasteiger partial charge in [-0.1, -0.05) is 13.8 Å². The van der Waals surface area contributed by atoms with Gasteiger partial charge < -0.3 is 15.5 Å². The lowest BCUT2D eigenvalue weighted by molar-refractivity contribution is 0.0919. The normalized spacial score (nSPS) is 12.5. The van der Waals surface area contributed by atoms with Crippen LogP contribution in [0.3, 0.4) is 0 Å². The molecular weight excluding hydrogens is 204 g/mol. The number of carbonyl (C=O) groups is 1. The standard InChI is InChI=1S/C12H20N2O2/c1-4-10-9(3)5-11(16-10)12(15)14-7-8(2)6-13/h5,8H,4,6-7,13H2,1-3H3,(H,14,15). The maximum atomic E-state index is 11.7. The zero-order valence-corrected chi connectivity index (χ0v) is 10.2. The van der Waals surface area contributed by atoms with Crippen LogP contribution < -0.4 is 11.1 Å². The molecule has 0 bridgehead atoms. The Morgan fingerprint density at radius 1 is 1.62 bits per heavy atom. The van der Waals surface area contributed by atoms with Crippen molar-refractivity contribution in [3.8, 4) is 0 Å². The van der Waals surface area contributed by atoms with E-state index < -0.39 is 0 Å². The van der Waals surface area contributed by atoms with Crippen molar-refractivity contribution in [3.05, 3.63) is 23.2 Å². The van der Waals surface area contributed by atoms with Gasteiger partial charge >= 0.3 is 0 Å². The largest absolute Gasteiger partial charge is 0.456 e. The predicted molar refractivity (Wildman–Crippen MR) is 63.4 cm³/mol. The second-order valence-electron chi connectivity index (χ2n) is 4.12. The van der Waals surface area contributed by atoms with Crippen molar-refractivity contribution >= 4 is 5.91 Å². The number of aryl methyl sites for hydroxylation is 2. The lowest BCUT2D eigenvalue weighted by atomic mass is 10.2. The number of hydrogen-bond donors (Lipinski definition) is 2. The second kappa shape index (κ2) is 5.70. The van der Waals surface area contributed by atoms with Gasteiger partial charge in [0.15, 0.2) is 5.76 Å². The number of furan rings is 1. The summed E-state index contributed by atoms with van der Waals surface area (Å²) in [5.41, 5.74) is 6.50. The van der Waals surface area contributed by atoms with Gasteiger partial charge in [-0.3, -0.25) is 4.79 Å². The molecule has 0 radical (unpaired) electrons. The van der Waals surface area contributed by atoms with Crippen LogP contribution in [0.15, 0.2) is 10.5 Å². The van der Waals surface area contributed by atoms with E-state index in [1.165, 1.54) is 0 Å². The Labute approximate surface area is 96.2 Å². The van der Waals surface area contributed by atoms with Crippen molar-refractivity contribution in [2.75, 3.05) is 13.1 Å². The Balaban J connectivity index is 2.59. The highest BCUT2D eigenvalue weighted by Gasteiger charge is 2.13. The summed E-state index contributed by atoms with van der Waals surface area (Å²) < 4.78 is 5.45. The number of hydrogen-bond acceptors (Lipinski definition) is 3. The highest BCUT2D eigenvalue weighted by molar-refractivity contribution is 5.91. The summed E-state index contributed by atoms with van der Waals surface area (Å²) in [5, 5.41) is 2.80. The van der Waals surface area contributed by atoms with Crippen molar-refractivity contribution in [2.24, 2.45) is 11.7 Å². The first-order chi connectivity index (χ1) is 7.58. The fraction of sp³-hybridized carbons (Fsp3) is 0.583. The molecule has 0 aromatic carbocycles. The van der Waals surface area contributed by atoms with Gasteiger partial charge in [-0.05, 0) is 31.0 Å². The van der Waals surface area contributed by atoms with Gasteiger partial charge in [0.1, 0.15) is 5.76 Å². The summed E-state index contributed by atoms with van der Waals surface area (Å²) in [6.45, 7) is 7.09. The van der Waals surface area contributed by atoms with Gasteiger partial charge in [-0.2, -0.15) is 0 Å². The molecule has 90 valence electrons. The molecule has 0 saturated heterocycles. The maximum absolute atomic E-state index is 11.7. The van der Waals surface area contributed by atoms with E-state index in [0.29, 0.717) is 18.8 Å². The van der Waals surface area contributed by atoms with Gasteiger partial charge in [-0.15, -0.1) is 0 Å². The Kier molecular flexibility index (Phi) is 4.55. The highest BCUT2D eigenvalue weighted by atomic mass is 16.4. The minimum atomic E-state index is -0.164. The number of nitrogens with one attached hydrogen (secondary N) is 1. The fourth-order valence-electron chi connectivity index (χ4n) is 1.42. The number of amides is 1. The first kappa shape index (κ1) is 12.8. The van der Waals surface area contributed by atoms with Crippen molar-refractivity contribution < 1.29 is 9.21 Å². The van der Waals surface area contributed by atoms with E-state index in [9.17, 15) is 4.79 Å². The number of carbonyl (C=O) groups excluding carboxylic acids is 1. The molecule has 3 N–H and O–H groups in total. The first-order valence-electron chi connectivity index (χ1n) is 5.66. The maximum Gasteiger partial charge on any atom is 0.287 e. The quantitative estimate of drug-likeness (QED) is 0.796. The lowest BCUT2D eigenvalue weighted by Gasteiger charge is -2.08. The molecular formula is C12H20N2O2. The van der Waals surface area contributed by atoms with E-state index in [-0.39, 0.29) is 11.8 Å². The van der Waals surface area contributed by atoms with E-state index >= 15 is 0 Å². The van der Waals surface area contributed by atoms with Crippen LogP contribution >= 0.6 is 0 Å². The molecule has 4 nitrogen and oxygen atoms in total. The molecule has 0 aliphatic rings. The van der Waals surface area contributed by atoms with Crippen LogP contribution in [-0.4, -0.2) is 19.0 Å². The topological polar surface area (TPSA) is 68.3 Å². The minimum Gasteiger partial charge on any atom is -0.456 e. The van der Waals surface area contributed by atoms with Crippen LogP contribution in [0.2, 0.25) is 0 Å². The molecule has 4 heteroatoms. The molecule has 1 unspecified atom stereocenters. The summed E-state index contributed by atoms with van der Waals surface area (Å²) in [5.74, 6) is 1.38. The average Bonchev–Trinajstić information content (AvgIpc) is 2.66. The van der Waals surface area contributed by atoms with Gasteiger partial charge in [0.25, 0.3) is 5.91 Å². The van der Waals surface area contributed by atoms with Crippen molar-refractivity contribution in [1.29, 1.82) is 0 Å². The third-order valence-corrected chi connectivity index (χ3v) is 2.58. The minimum absolute atomic E-state index is 0.164. The third kappa shape index (κ3) is 3.10. The van der Waals surface area contributed by atoms with Crippen LogP contribution in [-0.2, 0) is 6.42 Å². The van der Waals surface area contributed by atoms with Crippen LogP contribution in [0.25, 0.3) is 0 Å². The zero-order chi connectivity index (χ0) is 12.1. The SMILES string of the molecule is CCc1oc(C(=O)NCC(C)CN)cc1C. The Morgan fingerprint density at radius 2 is 2.31 bits per heavy atom. The van der Waals surface area contributed by atoms with Crippen molar-refractivity contribution in [1.82, 2.24) is 5.32 Å². The summed E-state index contributed by atoms with van der Waals surface area (Å²) in [6, 6.07) is 1.78. The Bertz CT molecular complexity index is 358. The first-order valence-corrected chi connectivity index (χ1v) is 5.66. The van der Waals surface area contributed by atoms with Crippen molar-refractivity contribution in [2.45, 2.75) is 27.2 Å². The van der Waals surface area contributed by atoms with Crippen LogP contribution in [0.4, 0.5) is 0 Å². The van der Waals surface area contributed by atoms with Gasteiger partial charge in [0, 0.05) is 13.0 Å². The smallest absolute Gasteiger partial charge is 0.287 e. The molecule has 1 aromatic rings. The molecule has 0 spiro atoms. The van der Waals surface area contributed by atoms with Crippen molar-refractivity contribution in [3.63, 3.8) is 0 Å². The molecule has 16 heavy (non-hydrogen) atoms. The molecule has 1 rings (SSSR count). The van der Waals surface area contributed by atoms with E-state index in [0.717, 1.165) is 17.7 Å². The van der Waals surface area contributed by atoms with E-state index in [1.54, 1.807) is 6.07 Å². The summed E-state index contributed by atoms with van der Waals surface area (Å²) in [7, 11) is 0. The van der Waals surface area contributed by atoms with Gasteiger partial charge in [-0.25, -0.2) is 0 Å². The lowest BCUT2D eigenvalue weighted by Crippen LogP contribution is -2.31. The summed E-state index contributed by atoms with van der Waals surface area (Å²) in [6.07, 6.45) is 0.804. The van der Waals surface area contributed by atoms with E-state index in [1.807, 2.05) is 20.8 Å². The highest BCUT2D eigenvalue weighted by Crippen LogP contribution is 2.14. The van der Waals surface area contributed by atoms with Crippen LogP contribution in [0.1, 0.15) is 35.7 Å². The second-order valence-corrected chi connectivity index (χ2v) is 4.12. The molecule has 1 amide bonds. The fourth-order valence-corrected chi connectivity index (χ4v) is 1.42. The molecule has 1 aromatic heterocycles. The van der Waals surface area contributed by atoms with E-state index in [2.05, 4.69) is 5.32 Å². The summed E-state index contributed by atoms with van der Waals surface area (Å²) in [4.78, 5) is 11.7. The predicted octanol–water partition coefficient (Wildman–Crippen LogP) is 1.48. The van der Waals surface area contributed by atoms with Gasteiger partial charge in [0.05, 0.1) is 0 Å². The zero-order valence-electron chi connectivity index (χ0n) is 10.2. The number of nitrogens with two attached hydrogens (primary N) is 1. The molecule has 0 aliphatic carbocycles. The molecule has 0 saturated carbocycles. The average molecular weight is 224 g/mol.